The van der Waals surface area contributed by atoms with Crippen LogP contribution in [-0.4, -0.2) is 28.0 Å². The number of nitrogens with zero attached hydrogens (tertiary/aromatic N) is 4. The van der Waals surface area contributed by atoms with Crippen LogP contribution in [0.1, 0.15) is 47.8 Å². The number of hydrogen-bond donors (Lipinski definition) is 0. The Labute approximate surface area is 130 Å². The van der Waals surface area contributed by atoms with Crippen LogP contribution in [0.15, 0.2) is 11.6 Å². The van der Waals surface area contributed by atoms with Gasteiger partial charge in [0.2, 0.25) is 0 Å². The van der Waals surface area contributed by atoms with E-state index in [9.17, 15) is 0 Å². The molecule has 2 aromatic rings. The van der Waals surface area contributed by atoms with Gasteiger partial charge in [-0.05, 0) is 33.1 Å². The SMILES string of the molecule is CCc1csc(C2CCCN(c3nc(C)cnc3C)C2)n1. The summed E-state index contributed by atoms with van der Waals surface area (Å²) in [7, 11) is 0. The smallest absolute Gasteiger partial charge is 0.150 e. The molecular formula is C16H22N4S. The third-order valence-electron chi connectivity index (χ3n) is 4.05. The second-order valence-electron chi connectivity index (χ2n) is 5.74. The average Bonchev–Trinajstić information content (AvgIpc) is 2.99. The first-order chi connectivity index (χ1) is 10.2. The molecule has 1 aliphatic rings. The normalized spacial score (nSPS) is 19.0. The van der Waals surface area contributed by atoms with Crippen LogP contribution >= 0.6 is 11.3 Å². The zero-order valence-corrected chi connectivity index (χ0v) is 13.8. The molecule has 0 spiro atoms. The Balaban J connectivity index is 1.80. The Morgan fingerprint density at radius 1 is 1.33 bits per heavy atom. The molecular weight excluding hydrogens is 280 g/mol. The lowest BCUT2D eigenvalue weighted by atomic mass is 9.98. The number of aromatic nitrogens is 3. The van der Waals surface area contributed by atoms with E-state index in [4.69, 9.17) is 9.97 Å². The third kappa shape index (κ3) is 3.07. The van der Waals surface area contributed by atoms with E-state index in [-0.39, 0.29) is 0 Å². The predicted octanol–water partition coefficient (Wildman–Crippen LogP) is 3.50. The average molecular weight is 302 g/mol. The molecule has 3 heterocycles. The molecule has 1 atom stereocenters. The largest absolute Gasteiger partial charge is 0.354 e. The Kier molecular flexibility index (Phi) is 4.19. The molecule has 0 bridgehead atoms. The summed E-state index contributed by atoms with van der Waals surface area (Å²) in [5.41, 5.74) is 3.23. The van der Waals surface area contributed by atoms with Crippen LogP contribution in [0.5, 0.6) is 0 Å². The van der Waals surface area contributed by atoms with Gasteiger partial charge in [0.05, 0.1) is 22.1 Å². The summed E-state index contributed by atoms with van der Waals surface area (Å²) in [6.45, 7) is 8.30. The molecule has 0 N–H and O–H groups in total. The second kappa shape index (κ2) is 6.10. The predicted molar refractivity (Wildman–Crippen MR) is 87.2 cm³/mol. The van der Waals surface area contributed by atoms with E-state index >= 15 is 0 Å². The molecule has 0 amide bonds. The molecule has 1 aliphatic heterocycles. The van der Waals surface area contributed by atoms with Crippen molar-refractivity contribution in [3.8, 4) is 0 Å². The molecule has 0 aromatic carbocycles. The number of hydrogen-bond acceptors (Lipinski definition) is 5. The number of aryl methyl sites for hydroxylation is 3. The molecule has 1 fully saturated rings. The maximum atomic E-state index is 4.78. The molecule has 0 aliphatic carbocycles. The van der Waals surface area contributed by atoms with Crippen molar-refractivity contribution in [3.05, 3.63) is 33.7 Å². The molecule has 0 radical (unpaired) electrons. The van der Waals surface area contributed by atoms with E-state index in [1.54, 1.807) is 0 Å². The Morgan fingerprint density at radius 2 is 2.19 bits per heavy atom. The third-order valence-corrected chi connectivity index (χ3v) is 5.11. The Bertz CT molecular complexity index is 622. The second-order valence-corrected chi connectivity index (χ2v) is 6.63. The van der Waals surface area contributed by atoms with E-state index in [1.807, 2.05) is 31.4 Å². The lowest BCUT2D eigenvalue weighted by Gasteiger charge is -2.33. The van der Waals surface area contributed by atoms with Crippen LogP contribution in [0.2, 0.25) is 0 Å². The van der Waals surface area contributed by atoms with Crippen molar-refractivity contribution < 1.29 is 0 Å². The van der Waals surface area contributed by atoms with Gasteiger partial charge in [0.1, 0.15) is 5.82 Å². The van der Waals surface area contributed by atoms with Crippen LogP contribution in [0.4, 0.5) is 5.82 Å². The van der Waals surface area contributed by atoms with Gasteiger partial charge in [-0.15, -0.1) is 11.3 Å². The van der Waals surface area contributed by atoms with Crippen LogP contribution in [0.25, 0.3) is 0 Å². The molecule has 0 saturated carbocycles. The zero-order chi connectivity index (χ0) is 14.8. The summed E-state index contributed by atoms with van der Waals surface area (Å²) in [5, 5.41) is 3.49. The summed E-state index contributed by atoms with van der Waals surface area (Å²) in [5.74, 6) is 1.58. The summed E-state index contributed by atoms with van der Waals surface area (Å²) in [6.07, 6.45) is 5.29. The highest BCUT2D eigenvalue weighted by molar-refractivity contribution is 7.09. The van der Waals surface area contributed by atoms with Gasteiger partial charge in [-0.1, -0.05) is 6.92 Å². The van der Waals surface area contributed by atoms with Crippen molar-refractivity contribution in [3.63, 3.8) is 0 Å². The summed E-state index contributed by atoms with van der Waals surface area (Å²) >= 11 is 1.81. The van der Waals surface area contributed by atoms with Crippen molar-refractivity contribution in [1.29, 1.82) is 0 Å². The van der Waals surface area contributed by atoms with Crippen molar-refractivity contribution in [2.45, 2.75) is 46.0 Å². The summed E-state index contributed by atoms with van der Waals surface area (Å²) in [6, 6.07) is 0. The number of rotatable bonds is 3. The molecule has 112 valence electrons. The minimum atomic E-state index is 0.533. The highest BCUT2D eigenvalue weighted by Crippen LogP contribution is 2.31. The van der Waals surface area contributed by atoms with Crippen LogP contribution in [0, 0.1) is 13.8 Å². The van der Waals surface area contributed by atoms with Crippen molar-refractivity contribution >= 4 is 17.2 Å². The number of piperidine rings is 1. The molecule has 1 saturated heterocycles. The van der Waals surface area contributed by atoms with Crippen LogP contribution in [0.3, 0.4) is 0 Å². The van der Waals surface area contributed by atoms with Gasteiger partial charge in [0.15, 0.2) is 0 Å². The maximum Gasteiger partial charge on any atom is 0.150 e. The fourth-order valence-corrected chi connectivity index (χ4v) is 3.90. The van der Waals surface area contributed by atoms with Gasteiger partial charge in [0.25, 0.3) is 0 Å². The fourth-order valence-electron chi connectivity index (χ4n) is 2.87. The van der Waals surface area contributed by atoms with Gasteiger partial charge in [-0.25, -0.2) is 9.97 Å². The van der Waals surface area contributed by atoms with E-state index in [0.717, 1.165) is 36.7 Å². The zero-order valence-electron chi connectivity index (χ0n) is 13.0. The topological polar surface area (TPSA) is 41.9 Å². The van der Waals surface area contributed by atoms with E-state index in [0.29, 0.717) is 5.92 Å². The highest BCUT2D eigenvalue weighted by Gasteiger charge is 2.25. The van der Waals surface area contributed by atoms with Gasteiger partial charge >= 0.3 is 0 Å². The molecule has 1 unspecified atom stereocenters. The molecule has 4 nitrogen and oxygen atoms in total. The Hall–Kier alpha value is -1.49. The van der Waals surface area contributed by atoms with Gasteiger partial charge in [0, 0.05) is 30.6 Å². The first kappa shape index (κ1) is 14.4. The highest BCUT2D eigenvalue weighted by atomic mass is 32.1. The monoisotopic (exact) mass is 302 g/mol. The number of anilines is 1. The molecule has 21 heavy (non-hydrogen) atoms. The summed E-state index contributed by atoms with van der Waals surface area (Å²) < 4.78 is 0. The lowest BCUT2D eigenvalue weighted by molar-refractivity contribution is 0.503. The first-order valence-electron chi connectivity index (χ1n) is 7.67. The van der Waals surface area contributed by atoms with E-state index < -0.39 is 0 Å². The fraction of sp³-hybridized carbons (Fsp3) is 0.562. The minimum Gasteiger partial charge on any atom is -0.354 e. The maximum absolute atomic E-state index is 4.78. The standard InChI is InChI=1S/C16H22N4S/c1-4-14-10-21-16(19-14)13-6-5-7-20(9-13)15-12(3)17-8-11(2)18-15/h8,10,13H,4-7,9H2,1-3H3. The van der Waals surface area contributed by atoms with E-state index in [2.05, 4.69) is 22.2 Å². The van der Waals surface area contributed by atoms with E-state index in [1.165, 1.54) is 23.5 Å². The van der Waals surface area contributed by atoms with Crippen LogP contribution in [-0.2, 0) is 6.42 Å². The van der Waals surface area contributed by atoms with Gasteiger partial charge in [-0.3, -0.25) is 4.98 Å². The van der Waals surface area contributed by atoms with Gasteiger partial charge in [-0.2, -0.15) is 0 Å². The van der Waals surface area contributed by atoms with Crippen LogP contribution < -0.4 is 4.90 Å². The Morgan fingerprint density at radius 3 is 2.95 bits per heavy atom. The first-order valence-corrected chi connectivity index (χ1v) is 8.54. The quantitative estimate of drug-likeness (QED) is 0.870. The number of thiazole rings is 1. The molecule has 5 heteroatoms. The van der Waals surface area contributed by atoms with Crippen molar-refractivity contribution in [1.82, 2.24) is 15.0 Å². The lowest BCUT2D eigenvalue weighted by Crippen LogP contribution is -2.35. The molecule has 2 aromatic heterocycles. The van der Waals surface area contributed by atoms with Crippen molar-refractivity contribution in [2.24, 2.45) is 0 Å². The molecule has 3 rings (SSSR count). The minimum absolute atomic E-state index is 0.533. The van der Waals surface area contributed by atoms with Crippen molar-refractivity contribution in [2.75, 3.05) is 18.0 Å². The summed E-state index contributed by atoms with van der Waals surface area (Å²) in [4.78, 5) is 16.3. The van der Waals surface area contributed by atoms with Gasteiger partial charge < -0.3 is 4.90 Å².